The quantitative estimate of drug-likeness (QED) is 0.266. The summed E-state index contributed by atoms with van der Waals surface area (Å²) in [5.74, 6) is 7.82. The summed E-state index contributed by atoms with van der Waals surface area (Å²) in [6.45, 7) is 0. The average Bonchev–Trinajstić information content (AvgIpc) is 3.13. The molecule has 0 bridgehead atoms. The summed E-state index contributed by atoms with van der Waals surface area (Å²) in [4.78, 5) is 12.5. The third-order valence-electron chi connectivity index (χ3n) is 4.19. The molecule has 170 valence electrons. The molecule has 0 radical (unpaired) electrons. The van der Waals surface area contributed by atoms with Crippen LogP contribution in [0, 0.1) is 0 Å². The Hall–Kier alpha value is -1.96. The van der Waals surface area contributed by atoms with E-state index < -0.39 is 0 Å². The topological polar surface area (TPSA) is 114 Å². The number of aromatic nitrogens is 3. The maximum absolute atomic E-state index is 12.5. The van der Waals surface area contributed by atoms with Gasteiger partial charge >= 0.3 is 0 Å². The lowest BCUT2D eigenvalue weighted by Gasteiger charge is -2.13. The number of thioether (sulfide) groups is 1. The fourth-order valence-corrected chi connectivity index (χ4v) is 5.86. The van der Waals surface area contributed by atoms with Gasteiger partial charge in [-0.1, -0.05) is 27.7 Å². The van der Waals surface area contributed by atoms with Crippen molar-refractivity contribution in [1.82, 2.24) is 14.9 Å². The van der Waals surface area contributed by atoms with E-state index in [0.29, 0.717) is 39.5 Å². The van der Waals surface area contributed by atoms with Crippen LogP contribution in [0.1, 0.15) is 0 Å². The fourth-order valence-electron chi connectivity index (χ4n) is 2.75. The van der Waals surface area contributed by atoms with E-state index in [1.54, 1.807) is 12.1 Å². The first-order chi connectivity index (χ1) is 15.3. The second-order valence-electron chi connectivity index (χ2n) is 6.17. The number of carbonyl (C=O) groups is 1. The Bertz CT molecular complexity index is 1110. The molecule has 2 aromatic carbocycles. The van der Waals surface area contributed by atoms with Crippen LogP contribution in [0.4, 0.5) is 5.69 Å². The highest BCUT2D eigenvalue weighted by molar-refractivity contribution is 9.11. The minimum atomic E-state index is -0.226. The molecule has 3 N–H and O–H groups in total. The summed E-state index contributed by atoms with van der Waals surface area (Å²) in [6, 6.07) is 7.12. The van der Waals surface area contributed by atoms with Gasteiger partial charge in [-0.15, -0.1) is 10.2 Å². The van der Waals surface area contributed by atoms with Crippen LogP contribution < -0.4 is 25.4 Å². The van der Waals surface area contributed by atoms with Crippen molar-refractivity contribution in [2.24, 2.45) is 0 Å². The molecule has 0 spiro atoms. The number of ether oxygens (including phenoxy) is 3. The van der Waals surface area contributed by atoms with E-state index >= 15 is 0 Å². The highest BCUT2D eigenvalue weighted by Crippen LogP contribution is 2.41. The molecule has 13 heteroatoms. The summed E-state index contributed by atoms with van der Waals surface area (Å²) in [6.07, 6.45) is 0. The van der Waals surface area contributed by atoms with E-state index in [9.17, 15) is 4.79 Å². The maximum atomic E-state index is 12.5. The van der Waals surface area contributed by atoms with Crippen molar-refractivity contribution in [3.8, 4) is 28.6 Å². The molecule has 1 aromatic heterocycles. The number of amides is 1. The lowest BCUT2D eigenvalue weighted by Crippen LogP contribution is -2.17. The first kappa shape index (κ1) is 24.7. The van der Waals surface area contributed by atoms with Crippen LogP contribution in [-0.2, 0) is 4.79 Å². The third kappa shape index (κ3) is 5.33. The largest absolute Gasteiger partial charge is 0.493 e. The molecule has 1 amide bonds. The third-order valence-corrected chi connectivity index (χ3v) is 6.84. The highest BCUT2D eigenvalue weighted by Gasteiger charge is 2.19. The van der Waals surface area contributed by atoms with Crippen molar-refractivity contribution in [3.05, 3.63) is 37.7 Å². The molecule has 0 aliphatic heterocycles. The lowest BCUT2D eigenvalue weighted by molar-refractivity contribution is -0.113. The normalized spacial score (nSPS) is 10.7. The standard InChI is InChI=1S/C19H18Br3N5O4S/c1-29-13-4-9(5-14(30-2)17(13)31-3)18-25-26-19(27(18)23)32-8-15(28)24-16-11(21)6-10(20)7-12(16)22/h4-7H,8,23H2,1-3H3,(H,24,28). The van der Waals surface area contributed by atoms with Crippen LogP contribution in [0.25, 0.3) is 11.4 Å². The number of nitrogens with one attached hydrogen (secondary N) is 1. The zero-order valence-corrected chi connectivity index (χ0v) is 22.7. The van der Waals surface area contributed by atoms with Crippen LogP contribution in [0.3, 0.4) is 0 Å². The van der Waals surface area contributed by atoms with Crippen molar-refractivity contribution in [2.75, 3.05) is 38.2 Å². The molecule has 0 saturated carbocycles. The molecule has 3 aromatic rings. The van der Waals surface area contributed by atoms with Gasteiger partial charge in [0.1, 0.15) is 0 Å². The van der Waals surface area contributed by atoms with Gasteiger partial charge in [0.15, 0.2) is 17.3 Å². The van der Waals surface area contributed by atoms with Gasteiger partial charge in [-0.25, -0.2) is 4.68 Å². The summed E-state index contributed by atoms with van der Waals surface area (Å²) < 4.78 is 19.8. The smallest absolute Gasteiger partial charge is 0.234 e. The molecule has 1 heterocycles. The number of nitrogens with two attached hydrogens (primary N) is 1. The van der Waals surface area contributed by atoms with Gasteiger partial charge in [0.05, 0.1) is 32.8 Å². The van der Waals surface area contributed by atoms with Crippen molar-refractivity contribution < 1.29 is 19.0 Å². The number of hydrogen-bond acceptors (Lipinski definition) is 8. The second kappa shape index (κ2) is 10.8. The van der Waals surface area contributed by atoms with Gasteiger partial charge in [0.2, 0.25) is 16.8 Å². The molecular formula is C19H18Br3N5O4S. The number of carbonyl (C=O) groups excluding carboxylic acids is 1. The summed E-state index contributed by atoms with van der Waals surface area (Å²) in [5.41, 5.74) is 1.25. The summed E-state index contributed by atoms with van der Waals surface area (Å²) in [7, 11) is 4.57. The zero-order chi connectivity index (χ0) is 23.4. The van der Waals surface area contributed by atoms with E-state index in [1.807, 2.05) is 12.1 Å². The Kier molecular flexibility index (Phi) is 8.31. The number of nitrogen functional groups attached to an aromatic ring is 1. The molecule has 0 aliphatic rings. The Morgan fingerprint density at radius 2 is 1.62 bits per heavy atom. The lowest BCUT2D eigenvalue weighted by atomic mass is 10.1. The Labute approximate surface area is 213 Å². The van der Waals surface area contributed by atoms with E-state index in [0.717, 1.165) is 25.2 Å². The summed E-state index contributed by atoms with van der Waals surface area (Å²) >= 11 is 11.4. The molecule has 32 heavy (non-hydrogen) atoms. The monoisotopic (exact) mass is 649 g/mol. The van der Waals surface area contributed by atoms with Gasteiger partial charge < -0.3 is 25.4 Å². The van der Waals surface area contributed by atoms with Crippen LogP contribution in [0.15, 0.2) is 42.8 Å². The number of benzene rings is 2. The molecular weight excluding hydrogens is 634 g/mol. The number of anilines is 1. The molecule has 0 saturated heterocycles. The van der Waals surface area contributed by atoms with E-state index in [2.05, 4.69) is 63.3 Å². The van der Waals surface area contributed by atoms with Gasteiger partial charge in [-0.2, -0.15) is 0 Å². The predicted octanol–water partition coefficient (Wildman–Crippen LogP) is 4.70. The molecule has 0 fully saturated rings. The molecule has 0 aliphatic carbocycles. The fraction of sp³-hybridized carbons (Fsp3) is 0.211. The average molecular weight is 652 g/mol. The van der Waals surface area contributed by atoms with Crippen LogP contribution in [0.2, 0.25) is 0 Å². The first-order valence-corrected chi connectivity index (χ1v) is 12.2. The Morgan fingerprint density at radius 1 is 1.03 bits per heavy atom. The number of hydrogen-bond donors (Lipinski definition) is 2. The van der Waals surface area contributed by atoms with Crippen LogP contribution >= 0.6 is 59.6 Å². The van der Waals surface area contributed by atoms with Gasteiger partial charge in [-0.05, 0) is 56.1 Å². The minimum Gasteiger partial charge on any atom is -0.493 e. The molecule has 0 atom stereocenters. The summed E-state index contributed by atoms with van der Waals surface area (Å²) in [5, 5.41) is 11.5. The van der Waals surface area contributed by atoms with E-state index in [4.69, 9.17) is 20.1 Å². The molecule has 9 nitrogen and oxygen atoms in total. The highest BCUT2D eigenvalue weighted by atomic mass is 79.9. The van der Waals surface area contributed by atoms with Crippen molar-refractivity contribution in [2.45, 2.75) is 5.16 Å². The number of halogens is 3. The molecule has 0 unspecified atom stereocenters. The SMILES string of the molecule is COc1cc(-c2nnc(SCC(=O)Nc3c(Br)cc(Br)cc3Br)n2N)cc(OC)c1OC. The Morgan fingerprint density at radius 3 is 2.16 bits per heavy atom. The van der Waals surface area contributed by atoms with E-state index in [-0.39, 0.29) is 11.7 Å². The Balaban J connectivity index is 1.77. The first-order valence-electron chi connectivity index (χ1n) is 8.87. The molecule has 3 rings (SSSR count). The second-order valence-corrected chi connectivity index (χ2v) is 9.74. The van der Waals surface area contributed by atoms with Crippen LogP contribution in [0.5, 0.6) is 17.2 Å². The van der Waals surface area contributed by atoms with Gasteiger partial charge in [-0.3, -0.25) is 4.79 Å². The van der Waals surface area contributed by atoms with Crippen LogP contribution in [-0.4, -0.2) is 47.9 Å². The minimum absolute atomic E-state index is 0.0829. The zero-order valence-electron chi connectivity index (χ0n) is 17.1. The van der Waals surface area contributed by atoms with Gasteiger partial charge in [0.25, 0.3) is 0 Å². The predicted molar refractivity (Wildman–Crippen MR) is 134 cm³/mol. The van der Waals surface area contributed by atoms with Crippen molar-refractivity contribution in [1.29, 1.82) is 0 Å². The number of rotatable bonds is 8. The van der Waals surface area contributed by atoms with Gasteiger partial charge in [0, 0.05) is 19.0 Å². The number of methoxy groups -OCH3 is 3. The van der Waals surface area contributed by atoms with Crippen molar-refractivity contribution >= 4 is 71.1 Å². The van der Waals surface area contributed by atoms with E-state index in [1.165, 1.54) is 26.0 Å². The van der Waals surface area contributed by atoms with Crippen molar-refractivity contribution in [3.63, 3.8) is 0 Å². The maximum Gasteiger partial charge on any atom is 0.234 e. The number of nitrogens with zero attached hydrogens (tertiary/aromatic N) is 3.